The Morgan fingerprint density at radius 3 is 2.76 bits per heavy atom. The standard InChI is InChI=1S/C11H16ClN3O2/c1-7-4-9(12)5-8(10(7)17-3)6-15(2)11(16)14-13/h4-5H,6,13H2,1-3H3,(H,14,16). The van der Waals surface area contributed by atoms with Crippen LogP contribution in [0.25, 0.3) is 0 Å². The molecule has 0 atom stereocenters. The monoisotopic (exact) mass is 257 g/mol. The number of hydrazine groups is 1. The van der Waals surface area contributed by atoms with Crippen LogP contribution in [0, 0.1) is 6.92 Å². The second-order valence-electron chi connectivity index (χ2n) is 3.72. The van der Waals surface area contributed by atoms with Crippen molar-refractivity contribution in [2.75, 3.05) is 14.2 Å². The summed E-state index contributed by atoms with van der Waals surface area (Å²) in [5.74, 6) is 5.79. The molecule has 0 saturated carbocycles. The molecule has 0 aromatic heterocycles. The smallest absolute Gasteiger partial charge is 0.331 e. The highest BCUT2D eigenvalue weighted by Gasteiger charge is 2.13. The Hall–Kier alpha value is -1.46. The minimum absolute atomic E-state index is 0.369. The van der Waals surface area contributed by atoms with Crippen LogP contribution >= 0.6 is 11.6 Å². The van der Waals surface area contributed by atoms with Gasteiger partial charge in [-0.15, -0.1) is 0 Å². The van der Waals surface area contributed by atoms with Crippen LogP contribution in [0.1, 0.15) is 11.1 Å². The Balaban J connectivity index is 3.01. The average Bonchev–Trinajstić information content (AvgIpc) is 2.27. The number of nitrogens with one attached hydrogen (secondary N) is 1. The van der Waals surface area contributed by atoms with E-state index < -0.39 is 0 Å². The number of halogens is 1. The Bertz CT molecular complexity index is 423. The lowest BCUT2D eigenvalue weighted by atomic mass is 10.1. The van der Waals surface area contributed by atoms with Gasteiger partial charge >= 0.3 is 6.03 Å². The van der Waals surface area contributed by atoms with Crippen molar-refractivity contribution in [1.82, 2.24) is 10.3 Å². The van der Waals surface area contributed by atoms with Crippen LogP contribution in [0.4, 0.5) is 4.79 Å². The summed E-state index contributed by atoms with van der Waals surface area (Å²) >= 11 is 5.98. The molecule has 0 aliphatic heterocycles. The summed E-state index contributed by atoms with van der Waals surface area (Å²) in [6, 6.07) is 3.21. The van der Waals surface area contributed by atoms with Gasteiger partial charge in [0.2, 0.25) is 0 Å². The third-order valence-corrected chi connectivity index (χ3v) is 2.62. The number of rotatable bonds is 3. The zero-order chi connectivity index (χ0) is 13.0. The van der Waals surface area contributed by atoms with Crippen LogP contribution in [-0.2, 0) is 6.54 Å². The fourth-order valence-electron chi connectivity index (χ4n) is 1.65. The van der Waals surface area contributed by atoms with Gasteiger partial charge < -0.3 is 9.64 Å². The maximum Gasteiger partial charge on any atom is 0.331 e. The van der Waals surface area contributed by atoms with Gasteiger partial charge in [0, 0.05) is 17.6 Å². The average molecular weight is 258 g/mol. The van der Waals surface area contributed by atoms with E-state index in [9.17, 15) is 4.79 Å². The first-order valence-electron chi connectivity index (χ1n) is 5.04. The van der Waals surface area contributed by atoms with Crippen LogP contribution in [0.3, 0.4) is 0 Å². The van der Waals surface area contributed by atoms with Crippen molar-refractivity contribution in [3.8, 4) is 5.75 Å². The van der Waals surface area contributed by atoms with E-state index in [1.165, 1.54) is 4.90 Å². The lowest BCUT2D eigenvalue weighted by Crippen LogP contribution is -2.40. The zero-order valence-electron chi connectivity index (χ0n) is 10.1. The third kappa shape index (κ3) is 3.25. The fraction of sp³-hybridized carbons (Fsp3) is 0.364. The number of nitrogens with zero attached hydrogens (tertiary/aromatic N) is 1. The number of carbonyl (C=O) groups excluding carboxylic acids is 1. The number of hydrogen-bond acceptors (Lipinski definition) is 3. The second-order valence-corrected chi connectivity index (χ2v) is 4.16. The van der Waals surface area contributed by atoms with Gasteiger partial charge in [-0.05, 0) is 24.6 Å². The topological polar surface area (TPSA) is 67.6 Å². The van der Waals surface area contributed by atoms with Gasteiger partial charge in [-0.3, -0.25) is 5.43 Å². The van der Waals surface area contributed by atoms with Crippen molar-refractivity contribution < 1.29 is 9.53 Å². The number of carbonyl (C=O) groups is 1. The number of urea groups is 1. The van der Waals surface area contributed by atoms with Gasteiger partial charge in [0.05, 0.1) is 13.7 Å². The molecule has 0 spiro atoms. The molecule has 0 aliphatic rings. The number of benzene rings is 1. The highest BCUT2D eigenvalue weighted by molar-refractivity contribution is 6.30. The number of methoxy groups -OCH3 is 1. The second kappa shape index (κ2) is 5.75. The quantitative estimate of drug-likeness (QED) is 0.492. The van der Waals surface area contributed by atoms with Crippen LogP contribution in [0.5, 0.6) is 5.75 Å². The predicted octanol–water partition coefficient (Wildman–Crippen LogP) is 1.67. The first kappa shape index (κ1) is 13.6. The van der Waals surface area contributed by atoms with Crippen molar-refractivity contribution in [1.29, 1.82) is 0 Å². The first-order valence-corrected chi connectivity index (χ1v) is 5.42. The number of nitrogens with two attached hydrogens (primary N) is 1. The molecule has 1 rings (SSSR count). The van der Waals surface area contributed by atoms with Gasteiger partial charge in [-0.2, -0.15) is 0 Å². The Labute approximate surface area is 105 Å². The molecule has 0 radical (unpaired) electrons. The van der Waals surface area contributed by atoms with Gasteiger partial charge in [0.15, 0.2) is 0 Å². The SMILES string of the molecule is COc1c(C)cc(Cl)cc1CN(C)C(=O)NN. The van der Waals surface area contributed by atoms with Gasteiger partial charge in [0.1, 0.15) is 5.75 Å². The van der Waals surface area contributed by atoms with E-state index >= 15 is 0 Å². The van der Waals surface area contributed by atoms with Gasteiger partial charge in [-0.1, -0.05) is 11.6 Å². The maximum absolute atomic E-state index is 11.3. The van der Waals surface area contributed by atoms with Gasteiger partial charge in [0.25, 0.3) is 0 Å². The van der Waals surface area contributed by atoms with Crippen molar-refractivity contribution in [2.24, 2.45) is 5.84 Å². The van der Waals surface area contributed by atoms with Crippen LogP contribution in [0.15, 0.2) is 12.1 Å². The minimum atomic E-state index is -0.371. The van der Waals surface area contributed by atoms with Crippen molar-refractivity contribution in [3.05, 3.63) is 28.3 Å². The molecular weight excluding hydrogens is 242 g/mol. The molecule has 94 valence electrons. The zero-order valence-corrected chi connectivity index (χ0v) is 10.8. The summed E-state index contributed by atoms with van der Waals surface area (Å²) in [5.41, 5.74) is 3.83. The summed E-state index contributed by atoms with van der Waals surface area (Å²) < 4.78 is 5.30. The molecule has 0 unspecified atom stereocenters. The molecule has 2 amide bonds. The Morgan fingerprint density at radius 1 is 1.59 bits per heavy atom. The molecule has 6 heteroatoms. The normalized spacial score (nSPS) is 9.94. The summed E-state index contributed by atoms with van der Waals surface area (Å²) in [6.45, 7) is 2.27. The molecule has 0 aliphatic carbocycles. The van der Waals surface area contributed by atoms with Gasteiger partial charge in [-0.25, -0.2) is 10.6 Å². The highest BCUT2D eigenvalue weighted by Crippen LogP contribution is 2.28. The lowest BCUT2D eigenvalue weighted by Gasteiger charge is -2.19. The molecule has 1 aromatic carbocycles. The number of amides is 2. The fourth-order valence-corrected chi connectivity index (χ4v) is 1.94. The van der Waals surface area contributed by atoms with Crippen molar-refractivity contribution in [3.63, 3.8) is 0 Å². The molecule has 17 heavy (non-hydrogen) atoms. The largest absolute Gasteiger partial charge is 0.496 e. The number of aryl methyl sites for hydroxylation is 1. The van der Waals surface area contributed by atoms with E-state index in [1.807, 2.05) is 13.0 Å². The number of hydrogen-bond donors (Lipinski definition) is 2. The van der Waals surface area contributed by atoms with E-state index in [4.69, 9.17) is 22.2 Å². The molecule has 0 bridgehead atoms. The Kier molecular flexibility index (Phi) is 4.60. The molecule has 5 nitrogen and oxygen atoms in total. The molecule has 0 saturated heterocycles. The number of ether oxygens (including phenoxy) is 1. The summed E-state index contributed by atoms with van der Waals surface area (Å²) in [6.07, 6.45) is 0. The van der Waals surface area contributed by atoms with Crippen LogP contribution < -0.4 is 16.0 Å². The van der Waals surface area contributed by atoms with E-state index in [-0.39, 0.29) is 6.03 Å². The third-order valence-electron chi connectivity index (χ3n) is 2.40. The predicted molar refractivity (Wildman–Crippen MR) is 66.9 cm³/mol. The van der Waals surface area contributed by atoms with Crippen molar-refractivity contribution in [2.45, 2.75) is 13.5 Å². The minimum Gasteiger partial charge on any atom is -0.496 e. The molecule has 1 aromatic rings. The highest BCUT2D eigenvalue weighted by atomic mass is 35.5. The Morgan fingerprint density at radius 2 is 2.24 bits per heavy atom. The van der Waals surface area contributed by atoms with E-state index in [0.29, 0.717) is 11.6 Å². The van der Waals surface area contributed by atoms with Crippen LogP contribution in [-0.4, -0.2) is 25.1 Å². The molecule has 0 fully saturated rings. The van der Waals surface area contributed by atoms with E-state index in [1.54, 1.807) is 20.2 Å². The lowest BCUT2D eigenvalue weighted by molar-refractivity contribution is 0.206. The van der Waals surface area contributed by atoms with Crippen LogP contribution in [0.2, 0.25) is 5.02 Å². The van der Waals surface area contributed by atoms with E-state index in [2.05, 4.69) is 5.43 Å². The first-order chi connectivity index (χ1) is 7.99. The van der Waals surface area contributed by atoms with Crippen molar-refractivity contribution >= 4 is 17.6 Å². The molecule has 3 N–H and O–H groups in total. The summed E-state index contributed by atoms with van der Waals surface area (Å²) in [7, 11) is 3.22. The summed E-state index contributed by atoms with van der Waals surface area (Å²) in [5, 5.41) is 0.611. The molecule has 0 heterocycles. The van der Waals surface area contributed by atoms with E-state index in [0.717, 1.165) is 16.9 Å². The maximum atomic E-state index is 11.3. The molecular formula is C11H16ClN3O2. The summed E-state index contributed by atoms with van der Waals surface area (Å²) in [4.78, 5) is 12.7.